The molecule has 0 radical (unpaired) electrons. The van der Waals surface area contributed by atoms with Crippen LogP contribution in [0.1, 0.15) is 35.3 Å². The predicted octanol–water partition coefficient (Wildman–Crippen LogP) is 6.40. The van der Waals surface area contributed by atoms with Crippen LogP contribution in [-0.4, -0.2) is 24.0 Å². The summed E-state index contributed by atoms with van der Waals surface area (Å²) in [6.07, 6.45) is 6.08. The Morgan fingerprint density at radius 3 is 2.46 bits per heavy atom. The van der Waals surface area contributed by atoms with Gasteiger partial charge in [0.25, 0.3) is 0 Å². The van der Waals surface area contributed by atoms with Gasteiger partial charge in [0.2, 0.25) is 5.88 Å². The van der Waals surface area contributed by atoms with Gasteiger partial charge in [0, 0.05) is 41.2 Å². The van der Waals surface area contributed by atoms with Crippen molar-refractivity contribution >= 4 is 22.9 Å². The van der Waals surface area contributed by atoms with Gasteiger partial charge in [-0.1, -0.05) is 36.4 Å². The second-order valence-electron chi connectivity index (χ2n) is 8.81. The van der Waals surface area contributed by atoms with Crippen LogP contribution in [0.3, 0.4) is 0 Å². The molecule has 1 atom stereocenters. The lowest BCUT2D eigenvalue weighted by Gasteiger charge is -2.35. The summed E-state index contributed by atoms with van der Waals surface area (Å²) < 4.78 is 12.5. The first-order chi connectivity index (χ1) is 17.1. The molecule has 0 amide bonds. The lowest BCUT2D eigenvalue weighted by Crippen LogP contribution is -2.31. The molecule has 1 N–H and O–H groups in total. The summed E-state index contributed by atoms with van der Waals surface area (Å²) >= 11 is 0. The van der Waals surface area contributed by atoms with E-state index in [0.717, 1.165) is 58.4 Å². The third-order valence-corrected chi connectivity index (χ3v) is 6.80. The Kier molecular flexibility index (Phi) is 4.99. The number of hydrogen-bond donors (Lipinski definition) is 1. The van der Waals surface area contributed by atoms with Crippen LogP contribution in [0.25, 0.3) is 5.57 Å². The third-order valence-electron chi connectivity index (χ3n) is 6.80. The van der Waals surface area contributed by atoms with E-state index in [1.807, 2.05) is 78.9 Å². The van der Waals surface area contributed by atoms with E-state index >= 15 is 0 Å². The highest BCUT2D eigenvalue weighted by molar-refractivity contribution is 5.98. The van der Waals surface area contributed by atoms with Gasteiger partial charge in [-0.15, -0.1) is 0 Å². The molecule has 0 aromatic heterocycles. The van der Waals surface area contributed by atoms with Gasteiger partial charge in [-0.2, -0.15) is 0 Å². The smallest absolute Gasteiger partial charge is 0.340 e. The topological polar surface area (TPSA) is 50.8 Å². The number of esters is 1. The van der Waals surface area contributed by atoms with E-state index in [9.17, 15) is 4.79 Å². The zero-order valence-electron chi connectivity index (χ0n) is 19.7. The molecule has 0 saturated carbocycles. The van der Waals surface area contributed by atoms with Crippen molar-refractivity contribution in [3.8, 4) is 5.75 Å². The molecule has 2 aliphatic heterocycles. The number of fused-ring (bicyclic) bond motifs is 5. The highest BCUT2D eigenvalue weighted by Crippen LogP contribution is 2.49. The van der Waals surface area contributed by atoms with Crippen molar-refractivity contribution < 1.29 is 14.3 Å². The molecule has 5 nitrogen and oxygen atoms in total. The van der Waals surface area contributed by atoms with Crippen LogP contribution in [0.4, 0.5) is 11.4 Å². The molecule has 5 heteroatoms. The Morgan fingerprint density at radius 2 is 1.66 bits per heavy atom. The molecule has 3 aromatic carbocycles. The fourth-order valence-corrected chi connectivity index (χ4v) is 5.04. The number of ether oxygens (including phenoxy) is 2. The van der Waals surface area contributed by atoms with Crippen molar-refractivity contribution in [1.82, 2.24) is 4.90 Å². The molecule has 3 aromatic rings. The molecule has 1 aliphatic carbocycles. The minimum Gasteiger partial charge on any atom is -0.442 e. The maximum absolute atomic E-state index is 12.7. The minimum absolute atomic E-state index is 0.301. The second kappa shape index (κ2) is 8.20. The summed E-state index contributed by atoms with van der Waals surface area (Å²) in [5.41, 5.74) is 5.45. The molecule has 1 spiro atoms. The predicted molar refractivity (Wildman–Crippen MR) is 137 cm³/mol. The Bertz CT molecular complexity index is 1420. The summed E-state index contributed by atoms with van der Waals surface area (Å²) in [6, 6.07) is 23.8. The fraction of sp³-hybridized carbons (Fsp3) is 0.167. The number of hydrogen-bond acceptors (Lipinski definition) is 5. The number of carbonyl (C=O) groups is 1. The van der Waals surface area contributed by atoms with Crippen LogP contribution in [0.15, 0.2) is 102 Å². The molecule has 35 heavy (non-hydrogen) atoms. The monoisotopic (exact) mass is 462 g/mol. The summed E-state index contributed by atoms with van der Waals surface area (Å²) in [7, 11) is 0. The van der Waals surface area contributed by atoms with E-state index in [-0.39, 0.29) is 5.97 Å². The van der Waals surface area contributed by atoms with Gasteiger partial charge in [0.1, 0.15) is 5.75 Å². The average Bonchev–Trinajstić information content (AvgIpc) is 3.16. The van der Waals surface area contributed by atoms with Gasteiger partial charge in [0.05, 0.1) is 5.56 Å². The van der Waals surface area contributed by atoms with Crippen molar-refractivity contribution in [3.63, 3.8) is 0 Å². The molecule has 0 fully saturated rings. The maximum atomic E-state index is 12.7. The normalized spacial score (nSPS) is 19.4. The van der Waals surface area contributed by atoms with Crippen molar-refractivity contribution in [1.29, 1.82) is 0 Å². The SMILES string of the molecule is CCN(CC)C1=C2C=CC3(C=C2c2cc(Nc4ccccc4)ccc2O1)OC(=O)c1ccccc13. The van der Waals surface area contributed by atoms with Crippen LogP contribution in [0.2, 0.25) is 0 Å². The van der Waals surface area contributed by atoms with Crippen LogP contribution in [0.5, 0.6) is 5.75 Å². The number of nitrogens with zero attached hydrogens (tertiary/aromatic N) is 1. The number of anilines is 2. The summed E-state index contributed by atoms with van der Waals surface area (Å²) in [5, 5.41) is 3.48. The molecule has 0 saturated heterocycles. The van der Waals surface area contributed by atoms with Gasteiger partial charge in [-0.25, -0.2) is 4.79 Å². The molecular weight excluding hydrogens is 436 g/mol. The van der Waals surface area contributed by atoms with Crippen LogP contribution >= 0.6 is 0 Å². The van der Waals surface area contributed by atoms with E-state index in [1.54, 1.807) is 0 Å². The minimum atomic E-state index is -0.932. The van der Waals surface area contributed by atoms with E-state index < -0.39 is 5.60 Å². The van der Waals surface area contributed by atoms with Gasteiger partial charge >= 0.3 is 5.97 Å². The number of nitrogens with one attached hydrogen (secondary N) is 1. The zero-order chi connectivity index (χ0) is 24.0. The van der Waals surface area contributed by atoms with E-state index in [4.69, 9.17) is 9.47 Å². The molecule has 2 heterocycles. The summed E-state index contributed by atoms with van der Waals surface area (Å²) in [6.45, 7) is 5.88. The van der Waals surface area contributed by atoms with Crippen molar-refractivity contribution in [2.75, 3.05) is 18.4 Å². The number of benzene rings is 3. The van der Waals surface area contributed by atoms with Gasteiger partial charge < -0.3 is 19.7 Å². The van der Waals surface area contributed by atoms with Crippen LogP contribution in [-0.2, 0) is 10.3 Å². The lowest BCUT2D eigenvalue weighted by atomic mass is 9.81. The first-order valence-electron chi connectivity index (χ1n) is 12.0. The van der Waals surface area contributed by atoms with Crippen molar-refractivity contribution in [3.05, 3.63) is 119 Å². The standard InChI is InChI=1S/C30H26N2O3/c1-3-32(4-2)28-22-16-17-30(26-13-9-8-12-23(26)29(33)35-30)19-25(22)24-18-21(14-15-27(24)34-28)31-20-10-6-5-7-11-20/h5-19,31H,3-4H2,1-2H3. The molecule has 174 valence electrons. The van der Waals surface area contributed by atoms with E-state index in [2.05, 4.69) is 36.2 Å². The number of rotatable bonds is 5. The van der Waals surface area contributed by atoms with Gasteiger partial charge in [-0.3, -0.25) is 0 Å². The first-order valence-corrected chi connectivity index (χ1v) is 12.0. The fourth-order valence-electron chi connectivity index (χ4n) is 5.04. The zero-order valence-corrected chi connectivity index (χ0v) is 19.7. The first kappa shape index (κ1) is 21.3. The number of carbonyl (C=O) groups excluding carboxylic acids is 1. The van der Waals surface area contributed by atoms with Crippen molar-refractivity contribution in [2.45, 2.75) is 19.4 Å². The highest BCUT2D eigenvalue weighted by Gasteiger charge is 2.45. The van der Waals surface area contributed by atoms with E-state index in [1.165, 1.54) is 0 Å². The summed E-state index contributed by atoms with van der Waals surface area (Å²) in [5.74, 6) is 1.30. The van der Waals surface area contributed by atoms with Crippen LogP contribution < -0.4 is 10.1 Å². The second-order valence-corrected chi connectivity index (χ2v) is 8.81. The Morgan fingerprint density at radius 1 is 0.886 bits per heavy atom. The maximum Gasteiger partial charge on any atom is 0.340 e. The largest absolute Gasteiger partial charge is 0.442 e. The van der Waals surface area contributed by atoms with Gasteiger partial charge in [-0.05, 0) is 74.0 Å². The third kappa shape index (κ3) is 3.43. The van der Waals surface area contributed by atoms with Gasteiger partial charge in [0.15, 0.2) is 5.60 Å². The van der Waals surface area contributed by atoms with Crippen molar-refractivity contribution in [2.24, 2.45) is 0 Å². The average molecular weight is 463 g/mol. The Labute approximate surface area is 205 Å². The quantitative estimate of drug-likeness (QED) is 0.445. The Hall–Kier alpha value is -4.25. The molecule has 0 bridgehead atoms. The highest BCUT2D eigenvalue weighted by atomic mass is 16.6. The molecule has 3 aliphatic rings. The molecule has 6 rings (SSSR count). The molecule has 1 unspecified atom stereocenters. The number of para-hydroxylation sites is 1. The summed E-state index contributed by atoms with van der Waals surface area (Å²) in [4.78, 5) is 14.9. The Balaban J connectivity index is 1.51. The van der Waals surface area contributed by atoms with E-state index in [0.29, 0.717) is 5.56 Å². The number of allylic oxidation sites excluding steroid dienone is 3. The molecular formula is C30H26N2O3. The van der Waals surface area contributed by atoms with Crippen LogP contribution in [0, 0.1) is 0 Å². The lowest BCUT2D eigenvalue weighted by molar-refractivity contribution is 0.0296.